The topological polar surface area (TPSA) is 37.6 Å². The molecule has 4 aromatic rings. The van der Waals surface area contributed by atoms with Crippen LogP contribution in [0.1, 0.15) is 0 Å². The molecule has 24 heavy (non-hydrogen) atoms. The first kappa shape index (κ1) is 12.1. The summed E-state index contributed by atoms with van der Waals surface area (Å²) < 4.78 is 0. The summed E-state index contributed by atoms with van der Waals surface area (Å²) in [6.45, 7) is 0. The molecular formula is C21H11N3. The summed E-state index contributed by atoms with van der Waals surface area (Å²) in [5.74, 6) is 0. The predicted octanol–water partition coefficient (Wildman–Crippen LogP) is 4.10. The molecule has 0 radical (unpaired) electrons. The zero-order valence-corrected chi connectivity index (χ0v) is 12.7. The Labute approximate surface area is 137 Å². The van der Waals surface area contributed by atoms with Crippen molar-refractivity contribution in [1.29, 1.82) is 0 Å². The van der Waals surface area contributed by atoms with Crippen molar-refractivity contribution in [3.8, 4) is 22.4 Å². The molecule has 0 saturated carbocycles. The van der Waals surface area contributed by atoms with Crippen molar-refractivity contribution in [1.82, 2.24) is 4.98 Å². The Hall–Kier alpha value is -3.33. The number of hydrogen-bond donors (Lipinski definition) is 0. The molecular weight excluding hydrogens is 294 g/mol. The fourth-order valence-corrected chi connectivity index (χ4v) is 3.66. The highest BCUT2D eigenvalue weighted by Gasteiger charge is 2.19. The van der Waals surface area contributed by atoms with Gasteiger partial charge in [0.2, 0.25) is 0 Å². The molecule has 110 valence electrons. The van der Waals surface area contributed by atoms with Gasteiger partial charge in [0.05, 0.1) is 33.3 Å². The molecule has 0 unspecified atom stereocenters. The van der Waals surface area contributed by atoms with Crippen LogP contribution in [-0.2, 0) is 0 Å². The van der Waals surface area contributed by atoms with E-state index in [0.29, 0.717) is 0 Å². The number of hydrogen-bond acceptors (Lipinski definition) is 3. The monoisotopic (exact) mass is 305 g/mol. The molecule has 0 atom stereocenters. The van der Waals surface area contributed by atoms with Crippen LogP contribution in [0.4, 0.5) is 11.4 Å². The number of nitrogens with zero attached hydrogens (tertiary/aromatic N) is 3. The third-order valence-corrected chi connectivity index (χ3v) is 4.78. The Morgan fingerprint density at radius 2 is 1.38 bits per heavy atom. The second kappa shape index (κ2) is 4.15. The van der Waals surface area contributed by atoms with Crippen LogP contribution in [-0.4, -0.2) is 4.98 Å². The molecule has 0 saturated heterocycles. The van der Waals surface area contributed by atoms with Crippen LogP contribution in [0.3, 0.4) is 0 Å². The summed E-state index contributed by atoms with van der Waals surface area (Å²) in [6, 6.07) is 22.8. The zero-order chi connectivity index (χ0) is 15.7. The lowest BCUT2D eigenvalue weighted by Crippen LogP contribution is -2.11. The molecule has 2 aliphatic heterocycles. The maximum absolute atomic E-state index is 4.88. The number of benzene rings is 3. The lowest BCUT2D eigenvalue weighted by molar-refractivity contribution is 1.33. The minimum Gasteiger partial charge on any atom is -0.247 e. The molecule has 0 spiro atoms. The predicted molar refractivity (Wildman–Crippen MR) is 94.2 cm³/mol. The first-order valence-electron chi connectivity index (χ1n) is 7.98. The molecule has 3 aromatic carbocycles. The van der Waals surface area contributed by atoms with Gasteiger partial charge in [0, 0.05) is 22.1 Å². The first-order chi connectivity index (χ1) is 11.9. The fourth-order valence-electron chi connectivity index (χ4n) is 3.66. The van der Waals surface area contributed by atoms with Crippen molar-refractivity contribution in [3.05, 3.63) is 77.4 Å². The van der Waals surface area contributed by atoms with Gasteiger partial charge in [-0.15, -0.1) is 0 Å². The molecule has 0 bridgehead atoms. The highest BCUT2D eigenvalue weighted by Crippen LogP contribution is 2.35. The number of para-hydroxylation sites is 2. The largest absolute Gasteiger partial charge is 0.247 e. The van der Waals surface area contributed by atoms with Crippen molar-refractivity contribution >= 4 is 22.3 Å². The quantitative estimate of drug-likeness (QED) is 0.416. The van der Waals surface area contributed by atoms with Gasteiger partial charge in [-0.05, 0) is 30.3 Å². The van der Waals surface area contributed by atoms with E-state index in [1.54, 1.807) is 0 Å². The third kappa shape index (κ3) is 1.44. The van der Waals surface area contributed by atoms with E-state index in [4.69, 9.17) is 15.0 Å². The highest BCUT2D eigenvalue weighted by atomic mass is 14.8. The summed E-state index contributed by atoms with van der Waals surface area (Å²) in [5.41, 5.74) is 7.43. The number of rotatable bonds is 0. The van der Waals surface area contributed by atoms with Crippen LogP contribution in [0, 0.1) is 0 Å². The molecule has 2 aliphatic rings. The third-order valence-electron chi connectivity index (χ3n) is 4.78. The molecule has 3 nitrogen and oxygen atoms in total. The second-order valence-electron chi connectivity index (χ2n) is 6.14. The van der Waals surface area contributed by atoms with Crippen molar-refractivity contribution < 1.29 is 0 Å². The van der Waals surface area contributed by atoms with Gasteiger partial charge in [0.1, 0.15) is 0 Å². The fraction of sp³-hybridized carbons (Fsp3) is 0. The SMILES string of the molecule is c1ccc2c(c1)N=c1cc3c4c(ccc3nc1-2)-c1ccccc1N=4. The smallest absolute Gasteiger partial charge is 0.0988 e. The highest BCUT2D eigenvalue weighted by molar-refractivity contribution is 5.91. The van der Waals surface area contributed by atoms with Gasteiger partial charge in [0.25, 0.3) is 0 Å². The van der Waals surface area contributed by atoms with Crippen LogP contribution in [0.15, 0.2) is 76.7 Å². The average Bonchev–Trinajstić information content (AvgIpc) is 3.18. The van der Waals surface area contributed by atoms with Crippen molar-refractivity contribution in [2.75, 3.05) is 0 Å². The molecule has 0 fully saturated rings. The summed E-state index contributed by atoms with van der Waals surface area (Å²) >= 11 is 0. The van der Waals surface area contributed by atoms with Crippen LogP contribution in [0.25, 0.3) is 33.3 Å². The molecule has 0 amide bonds. The van der Waals surface area contributed by atoms with Gasteiger partial charge < -0.3 is 0 Å². The van der Waals surface area contributed by atoms with Gasteiger partial charge in [-0.1, -0.05) is 36.4 Å². The van der Waals surface area contributed by atoms with Gasteiger partial charge in [-0.3, -0.25) is 0 Å². The summed E-state index contributed by atoms with van der Waals surface area (Å²) in [7, 11) is 0. The Kier molecular flexibility index (Phi) is 2.10. The molecule has 3 heterocycles. The van der Waals surface area contributed by atoms with Crippen LogP contribution < -0.4 is 10.7 Å². The van der Waals surface area contributed by atoms with Gasteiger partial charge >= 0.3 is 0 Å². The van der Waals surface area contributed by atoms with Crippen molar-refractivity contribution in [3.63, 3.8) is 0 Å². The van der Waals surface area contributed by atoms with E-state index in [9.17, 15) is 0 Å². The zero-order valence-electron chi connectivity index (χ0n) is 12.7. The normalized spacial score (nSPS) is 12.8. The number of pyridine rings is 1. The average molecular weight is 305 g/mol. The van der Waals surface area contributed by atoms with Crippen molar-refractivity contribution in [2.45, 2.75) is 0 Å². The van der Waals surface area contributed by atoms with Gasteiger partial charge in [-0.25, -0.2) is 15.0 Å². The lowest BCUT2D eigenvalue weighted by atomic mass is 10.0. The van der Waals surface area contributed by atoms with E-state index >= 15 is 0 Å². The Balaban J connectivity index is 1.74. The van der Waals surface area contributed by atoms with E-state index in [1.165, 1.54) is 11.1 Å². The first-order valence-corrected chi connectivity index (χ1v) is 7.98. The lowest BCUT2D eigenvalue weighted by Gasteiger charge is -2.03. The number of aromatic nitrogens is 1. The van der Waals surface area contributed by atoms with Crippen LogP contribution >= 0.6 is 0 Å². The van der Waals surface area contributed by atoms with E-state index in [0.717, 1.165) is 44.2 Å². The molecule has 6 rings (SSSR count). The van der Waals surface area contributed by atoms with E-state index < -0.39 is 0 Å². The number of fused-ring (bicyclic) bond motifs is 8. The molecule has 0 N–H and O–H groups in total. The van der Waals surface area contributed by atoms with E-state index in [-0.39, 0.29) is 0 Å². The minimum atomic E-state index is 0.934. The Morgan fingerprint density at radius 1 is 0.625 bits per heavy atom. The second-order valence-corrected chi connectivity index (χ2v) is 6.14. The van der Waals surface area contributed by atoms with Gasteiger partial charge in [-0.2, -0.15) is 0 Å². The van der Waals surface area contributed by atoms with E-state index in [2.05, 4.69) is 42.5 Å². The van der Waals surface area contributed by atoms with Crippen molar-refractivity contribution in [2.24, 2.45) is 9.98 Å². The molecule has 0 aliphatic carbocycles. The summed E-state index contributed by atoms with van der Waals surface area (Å²) in [4.78, 5) is 14.5. The van der Waals surface area contributed by atoms with E-state index in [1.807, 2.05) is 24.3 Å². The summed E-state index contributed by atoms with van der Waals surface area (Å²) in [6.07, 6.45) is 0. The van der Waals surface area contributed by atoms with Crippen LogP contribution in [0.2, 0.25) is 0 Å². The van der Waals surface area contributed by atoms with Crippen LogP contribution in [0.5, 0.6) is 0 Å². The molecule has 3 heteroatoms. The maximum atomic E-state index is 4.88. The molecule has 1 aromatic heterocycles. The Morgan fingerprint density at radius 3 is 2.25 bits per heavy atom. The maximum Gasteiger partial charge on any atom is 0.0988 e. The Bertz CT molecular complexity index is 1290. The summed E-state index contributed by atoms with van der Waals surface area (Å²) in [5, 5.41) is 3.01. The standard InChI is InChI=1S/C21H11N3/c1-3-7-16-12(5-1)13-9-10-18-15(20(13)23-16)11-19-21(24-18)14-6-2-4-8-17(14)22-19/h1-11H. The minimum absolute atomic E-state index is 0.934. The van der Waals surface area contributed by atoms with Gasteiger partial charge in [0.15, 0.2) is 0 Å².